The van der Waals surface area contributed by atoms with E-state index >= 15 is 0 Å². The van der Waals surface area contributed by atoms with Gasteiger partial charge in [0.05, 0.1) is 24.7 Å². The molecule has 0 bridgehead atoms. The van der Waals surface area contributed by atoms with Gasteiger partial charge in [-0.1, -0.05) is 17.3 Å². The summed E-state index contributed by atoms with van der Waals surface area (Å²) in [6, 6.07) is 9.48. The molecule has 34 heavy (non-hydrogen) atoms. The van der Waals surface area contributed by atoms with E-state index in [1.54, 1.807) is 43.0 Å². The van der Waals surface area contributed by atoms with Crippen molar-refractivity contribution in [3.05, 3.63) is 54.4 Å². The van der Waals surface area contributed by atoms with Gasteiger partial charge in [0.15, 0.2) is 0 Å². The number of nitrogens with zero attached hydrogens (tertiary/aromatic N) is 3. The average Bonchev–Trinajstić information content (AvgIpc) is 3.22. The molecule has 0 atom stereocenters. The smallest absolute Gasteiger partial charge is 0.394 e. The Kier molecular flexibility index (Phi) is 8.82. The number of carbonyl (C=O) groups excluding carboxylic acids is 1. The molecule has 2 amide bonds. The molecular weight excluding hydrogens is 453 g/mol. The van der Waals surface area contributed by atoms with E-state index in [0.717, 1.165) is 23.4 Å². The third kappa shape index (κ3) is 7.74. The second-order valence-electron chi connectivity index (χ2n) is 7.15. The molecule has 0 radical (unpaired) electrons. The minimum Gasteiger partial charge on any atom is -0.394 e. The normalized spacial score (nSPS) is 11.8. The topological polar surface area (TPSA) is 101 Å². The molecule has 3 N–H and O–H groups in total. The van der Waals surface area contributed by atoms with Crippen LogP contribution >= 0.6 is 0 Å². The zero-order chi connectivity index (χ0) is 24.4. The summed E-state index contributed by atoms with van der Waals surface area (Å²) in [5, 5.41) is 11.3. The number of methoxy groups -OCH3 is 1. The molecule has 0 aliphatic heterocycles. The maximum Gasteiger partial charge on any atom is 0.405 e. The number of ether oxygens (including phenoxy) is 1. The van der Waals surface area contributed by atoms with Gasteiger partial charge in [-0.25, -0.2) is 9.78 Å². The number of alkyl halides is 3. The molecule has 2 aromatic heterocycles. The number of urea groups is 1. The molecule has 3 rings (SSSR count). The van der Waals surface area contributed by atoms with Gasteiger partial charge in [0, 0.05) is 43.2 Å². The molecule has 12 heteroatoms. The van der Waals surface area contributed by atoms with Crippen molar-refractivity contribution in [3.8, 4) is 11.3 Å². The first-order valence-electron chi connectivity index (χ1n) is 10.4. The van der Waals surface area contributed by atoms with E-state index in [1.165, 1.54) is 0 Å². The molecule has 0 saturated carbocycles. The minimum atomic E-state index is -4.48. The van der Waals surface area contributed by atoms with Crippen LogP contribution in [0.4, 0.5) is 23.7 Å². The number of fused-ring (bicyclic) bond motifs is 1. The van der Waals surface area contributed by atoms with Crippen molar-refractivity contribution in [1.29, 1.82) is 0 Å². The molecule has 9 nitrogen and oxygen atoms in total. The molecule has 0 aliphatic rings. The largest absolute Gasteiger partial charge is 0.405 e. The maximum absolute atomic E-state index is 12.3. The predicted molar refractivity (Wildman–Crippen MR) is 122 cm³/mol. The van der Waals surface area contributed by atoms with Crippen molar-refractivity contribution in [2.24, 2.45) is 5.16 Å². The molecule has 3 aromatic rings. The number of nitrogens with one attached hydrogen (secondary N) is 3. The van der Waals surface area contributed by atoms with Gasteiger partial charge in [-0.15, -0.1) is 0 Å². The van der Waals surface area contributed by atoms with E-state index in [4.69, 9.17) is 9.57 Å². The first-order chi connectivity index (χ1) is 16.4. The molecule has 0 unspecified atom stereocenters. The second kappa shape index (κ2) is 12.0. The van der Waals surface area contributed by atoms with Gasteiger partial charge in [0.2, 0.25) is 0 Å². The lowest BCUT2D eigenvalue weighted by Gasteiger charge is -2.10. The summed E-state index contributed by atoms with van der Waals surface area (Å²) in [4.78, 5) is 21.3. The fourth-order valence-electron chi connectivity index (χ4n) is 2.97. The van der Waals surface area contributed by atoms with Crippen LogP contribution in [0.3, 0.4) is 0 Å². The van der Waals surface area contributed by atoms with E-state index in [2.05, 4.69) is 20.8 Å². The molecule has 0 aliphatic carbocycles. The Hall–Kier alpha value is -3.64. The Morgan fingerprint density at radius 1 is 1.21 bits per heavy atom. The summed E-state index contributed by atoms with van der Waals surface area (Å²) in [7, 11) is 1.64. The van der Waals surface area contributed by atoms with E-state index in [9.17, 15) is 18.0 Å². The Morgan fingerprint density at radius 2 is 2.03 bits per heavy atom. The van der Waals surface area contributed by atoms with Crippen LogP contribution in [0.15, 0.2) is 53.9 Å². The van der Waals surface area contributed by atoms with Gasteiger partial charge in [-0.05, 0) is 24.3 Å². The first kappa shape index (κ1) is 25.0. The number of halogens is 3. The lowest BCUT2D eigenvalue weighted by Crippen LogP contribution is -2.36. The molecule has 2 heterocycles. The lowest BCUT2D eigenvalue weighted by molar-refractivity contribution is -0.122. The highest BCUT2D eigenvalue weighted by molar-refractivity contribution is 5.90. The number of hydrogen-bond acceptors (Lipinski definition) is 6. The van der Waals surface area contributed by atoms with Crippen molar-refractivity contribution in [1.82, 2.24) is 20.0 Å². The third-order valence-electron chi connectivity index (χ3n) is 4.53. The number of carbonyl (C=O) groups is 1. The highest BCUT2D eigenvalue weighted by atomic mass is 19.4. The van der Waals surface area contributed by atoms with Gasteiger partial charge in [-0.3, -0.25) is 4.40 Å². The highest BCUT2D eigenvalue weighted by Gasteiger charge is 2.27. The molecule has 1 aromatic carbocycles. The van der Waals surface area contributed by atoms with Crippen molar-refractivity contribution >= 4 is 23.6 Å². The number of anilines is 1. The van der Waals surface area contributed by atoms with Crippen LogP contribution in [0.2, 0.25) is 0 Å². The van der Waals surface area contributed by atoms with E-state index in [0.29, 0.717) is 31.1 Å². The molecule has 0 fully saturated rings. The highest BCUT2D eigenvalue weighted by Crippen LogP contribution is 2.24. The van der Waals surface area contributed by atoms with Crippen LogP contribution in [-0.2, 0) is 9.57 Å². The van der Waals surface area contributed by atoms with Crippen LogP contribution in [0, 0.1) is 0 Å². The van der Waals surface area contributed by atoms with Gasteiger partial charge in [0.1, 0.15) is 18.8 Å². The van der Waals surface area contributed by atoms with Crippen LogP contribution in [0.1, 0.15) is 5.56 Å². The van der Waals surface area contributed by atoms with Crippen molar-refractivity contribution < 1.29 is 27.5 Å². The van der Waals surface area contributed by atoms with Crippen molar-refractivity contribution in [3.63, 3.8) is 0 Å². The summed E-state index contributed by atoms with van der Waals surface area (Å²) in [6.07, 6.45) is 0.600. The third-order valence-corrected chi connectivity index (χ3v) is 4.53. The molecule has 0 saturated heterocycles. The number of oxime groups is 1. The Morgan fingerprint density at radius 3 is 2.82 bits per heavy atom. The fraction of sp³-hybridized carbons (Fsp3) is 0.318. The van der Waals surface area contributed by atoms with Crippen LogP contribution in [0.5, 0.6) is 0 Å². The molecule has 182 valence electrons. The summed E-state index contributed by atoms with van der Waals surface area (Å²) in [5.41, 5.74) is 3.29. The van der Waals surface area contributed by atoms with Gasteiger partial charge >= 0.3 is 12.2 Å². The molecule has 0 spiro atoms. The van der Waals surface area contributed by atoms with E-state index in [1.807, 2.05) is 28.8 Å². The summed E-state index contributed by atoms with van der Waals surface area (Å²) in [5.74, 6) is 0. The predicted octanol–water partition coefficient (Wildman–Crippen LogP) is 3.27. The minimum absolute atomic E-state index is 0.352. The number of hydrogen-bond donors (Lipinski definition) is 3. The van der Waals surface area contributed by atoms with E-state index in [-0.39, 0.29) is 0 Å². The number of amides is 2. The van der Waals surface area contributed by atoms with Crippen LogP contribution in [0.25, 0.3) is 16.9 Å². The Balaban J connectivity index is 1.61. The zero-order valence-corrected chi connectivity index (χ0v) is 18.4. The number of rotatable bonds is 11. The van der Waals surface area contributed by atoms with Gasteiger partial charge in [-0.2, -0.15) is 13.2 Å². The summed E-state index contributed by atoms with van der Waals surface area (Å²) < 4.78 is 43.6. The quantitative estimate of drug-likeness (QED) is 0.223. The number of aromatic nitrogens is 2. The van der Waals surface area contributed by atoms with Gasteiger partial charge < -0.3 is 25.5 Å². The standard InChI is InChI=1S/C22H25F3N6O3/c1-33-9-6-26-7-10-34-29-13-16-5-8-31-19(14-27-20(31)11-16)17-3-2-4-18(12-17)30-21(32)28-15-22(23,24)25/h2-5,8,11-14,26H,6-7,9-10,15H2,1H3,(H2,28,30,32)/b29-13+. The fourth-order valence-corrected chi connectivity index (χ4v) is 2.97. The monoisotopic (exact) mass is 478 g/mol. The number of pyridine rings is 1. The average molecular weight is 478 g/mol. The maximum atomic E-state index is 12.3. The number of benzene rings is 1. The Bertz CT molecular complexity index is 1120. The molecular formula is C22H25F3N6O3. The first-order valence-corrected chi connectivity index (χ1v) is 10.4. The second-order valence-corrected chi connectivity index (χ2v) is 7.15. The lowest BCUT2D eigenvalue weighted by atomic mass is 10.1. The van der Waals surface area contributed by atoms with Crippen LogP contribution in [-0.4, -0.2) is 67.8 Å². The summed E-state index contributed by atoms with van der Waals surface area (Å²) >= 11 is 0. The SMILES string of the molecule is COCCNCCO/N=C/c1ccn2c(-c3cccc(NC(=O)NCC(F)(F)F)c3)cnc2c1. The van der Waals surface area contributed by atoms with Crippen molar-refractivity contribution in [2.45, 2.75) is 6.18 Å². The van der Waals surface area contributed by atoms with Crippen molar-refractivity contribution in [2.75, 3.05) is 45.3 Å². The summed E-state index contributed by atoms with van der Waals surface area (Å²) in [6.45, 7) is 1.05. The zero-order valence-electron chi connectivity index (χ0n) is 18.4. The van der Waals surface area contributed by atoms with E-state index < -0.39 is 18.8 Å². The Labute approximate surface area is 193 Å². The van der Waals surface area contributed by atoms with Crippen LogP contribution < -0.4 is 16.0 Å². The van der Waals surface area contributed by atoms with Gasteiger partial charge in [0.25, 0.3) is 0 Å². The number of imidazole rings is 1.